The average molecular weight is 224 g/mol. The van der Waals surface area contributed by atoms with Gasteiger partial charge in [0.15, 0.2) is 5.82 Å². The van der Waals surface area contributed by atoms with E-state index in [9.17, 15) is 0 Å². The number of nitrogens with zero attached hydrogens (tertiary/aromatic N) is 3. The molecular formula is C11H20N4O. The number of hydrogen-bond acceptors (Lipinski definition) is 5. The van der Waals surface area contributed by atoms with Crippen LogP contribution in [0.25, 0.3) is 0 Å². The molecular weight excluding hydrogens is 204 g/mol. The Bertz CT molecular complexity index is 338. The van der Waals surface area contributed by atoms with Gasteiger partial charge in [-0.25, -0.2) is 0 Å². The molecule has 1 aliphatic rings. The van der Waals surface area contributed by atoms with Crippen LogP contribution in [0.3, 0.4) is 0 Å². The Morgan fingerprint density at radius 3 is 3.00 bits per heavy atom. The fraction of sp³-hybridized carbons (Fsp3) is 0.818. The molecule has 1 saturated heterocycles. The second kappa shape index (κ2) is 4.93. The van der Waals surface area contributed by atoms with Crippen molar-refractivity contribution in [3.63, 3.8) is 0 Å². The van der Waals surface area contributed by atoms with Crippen LogP contribution in [0.15, 0.2) is 4.52 Å². The lowest BCUT2D eigenvalue weighted by Crippen LogP contribution is -2.54. The van der Waals surface area contributed by atoms with E-state index in [0.717, 1.165) is 31.9 Å². The highest BCUT2D eigenvalue weighted by molar-refractivity contribution is 4.89. The maximum Gasteiger partial charge on any atom is 0.223 e. The molecule has 2 atom stereocenters. The Morgan fingerprint density at radius 1 is 1.56 bits per heavy atom. The molecule has 1 aromatic heterocycles. The minimum atomic E-state index is 0.529. The molecule has 1 fully saturated rings. The van der Waals surface area contributed by atoms with Gasteiger partial charge in [-0.05, 0) is 13.3 Å². The fourth-order valence-corrected chi connectivity index (χ4v) is 2.07. The van der Waals surface area contributed by atoms with Gasteiger partial charge in [-0.15, -0.1) is 0 Å². The lowest BCUT2D eigenvalue weighted by Gasteiger charge is -2.37. The van der Waals surface area contributed by atoms with Crippen molar-refractivity contribution in [1.29, 1.82) is 0 Å². The first-order chi connectivity index (χ1) is 7.69. The van der Waals surface area contributed by atoms with E-state index in [-0.39, 0.29) is 0 Å². The van der Waals surface area contributed by atoms with Gasteiger partial charge in [0.25, 0.3) is 0 Å². The second-order valence-corrected chi connectivity index (χ2v) is 4.52. The Hall–Kier alpha value is -0.940. The summed E-state index contributed by atoms with van der Waals surface area (Å²) in [5.41, 5.74) is 0. The largest absolute Gasteiger partial charge is 0.340 e. The number of hydrogen-bond donors (Lipinski definition) is 1. The van der Waals surface area contributed by atoms with E-state index in [1.54, 1.807) is 0 Å². The molecule has 90 valence electrons. The molecule has 5 heteroatoms. The first kappa shape index (κ1) is 11.5. The van der Waals surface area contributed by atoms with Gasteiger partial charge in [-0.2, -0.15) is 4.98 Å². The quantitative estimate of drug-likeness (QED) is 0.828. The lowest BCUT2D eigenvalue weighted by atomic mass is 10.1. The highest BCUT2D eigenvalue weighted by Crippen LogP contribution is 2.12. The van der Waals surface area contributed by atoms with Gasteiger partial charge < -0.3 is 9.84 Å². The molecule has 0 spiro atoms. The van der Waals surface area contributed by atoms with Crippen molar-refractivity contribution in [3.8, 4) is 0 Å². The lowest BCUT2D eigenvalue weighted by molar-refractivity contribution is 0.127. The molecule has 16 heavy (non-hydrogen) atoms. The number of nitrogens with one attached hydrogen (secondary N) is 1. The molecule has 0 bridgehead atoms. The maximum atomic E-state index is 4.99. The summed E-state index contributed by atoms with van der Waals surface area (Å²) < 4.78 is 4.99. The summed E-state index contributed by atoms with van der Waals surface area (Å²) >= 11 is 0. The van der Waals surface area contributed by atoms with Gasteiger partial charge >= 0.3 is 0 Å². The van der Waals surface area contributed by atoms with Crippen LogP contribution in [-0.4, -0.2) is 40.2 Å². The summed E-state index contributed by atoms with van der Waals surface area (Å²) in [4.78, 5) is 6.66. The van der Waals surface area contributed by atoms with Crippen molar-refractivity contribution in [2.24, 2.45) is 0 Å². The van der Waals surface area contributed by atoms with E-state index in [4.69, 9.17) is 4.52 Å². The summed E-state index contributed by atoms with van der Waals surface area (Å²) in [6.07, 6.45) is 1.16. The smallest absolute Gasteiger partial charge is 0.223 e. The summed E-state index contributed by atoms with van der Waals surface area (Å²) in [6.45, 7) is 9.15. The van der Waals surface area contributed by atoms with Crippen LogP contribution in [0.2, 0.25) is 0 Å². The number of aryl methyl sites for hydroxylation is 1. The zero-order chi connectivity index (χ0) is 11.5. The summed E-state index contributed by atoms with van der Waals surface area (Å²) in [5.74, 6) is 1.44. The van der Waals surface area contributed by atoms with Crippen molar-refractivity contribution in [1.82, 2.24) is 20.4 Å². The number of aromatic nitrogens is 2. The van der Waals surface area contributed by atoms with E-state index < -0.39 is 0 Å². The Balaban J connectivity index is 1.96. The highest BCUT2D eigenvalue weighted by Gasteiger charge is 2.24. The normalized spacial score (nSPS) is 27.2. The van der Waals surface area contributed by atoms with Crippen LogP contribution in [0, 0.1) is 6.92 Å². The van der Waals surface area contributed by atoms with Crippen molar-refractivity contribution < 1.29 is 4.52 Å². The van der Waals surface area contributed by atoms with Crippen LogP contribution in [0.1, 0.15) is 32.0 Å². The van der Waals surface area contributed by atoms with E-state index in [2.05, 4.69) is 34.2 Å². The van der Waals surface area contributed by atoms with Crippen molar-refractivity contribution in [2.45, 2.75) is 45.8 Å². The minimum absolute atomic E-state index is 0.529. The molecule has 0 aromatic carbocycles. The van der Waals surface area contributed by atoms with E-state index in [0.29, 0.717) is 18.0 Å². The zero-order valence-corrected chi connectivity index (χ0v) is 10.2. The van der Waals surface area contributed by atoms with Crippen molar-refractivity contribution >= 4 is 0 Å². The molecule has 5 nitrogen and oxygen atoms in total. The van der Waals surface area contributed by atoms with Gasteiger partial charge in [0.05, 0.1) is 6.54 Å². The van der Waals surface area contributed by atoms with Crippen LogP contribution in [0.5, 0.6) is 0 Å². The Morgan fingerprint density at radius 2 is 2.38 bits per heavy atom. The van der Waals surface area contributed by atoms with Gasteiger partial charge in [0, 0.05) is 32.1 Å². The first-order valence-electron chi connectivity index (χ1n) is 5.95. The van der Waals surface area contributed by atoms with E-state index >= 15 is 0 Å². The SMILES string of the molecule is CCC1CN(Cc2noc(C)n2)C(C)CN1. The minimum Gasteiger partial charge on any atom is -0.340 e. The predicted molar refractivity (Wildman–Crippen MR) is 61.0 cm³/mol. The van der Waals surface area contributed by atoms with Gasteiger partial charge in [0.2, 0.25) is 5.89 Å². The molecule has 0 radical (unpaired) electrons. The highest BCUT2D eigenvalue weighted by atomic mass is 16.5. The standard InChI is InChI=1S/C11H20N4O/c1-4-10-6-15(8(2)5-12-10)7-11-13-9(3)16-14-11/h8,10,12H,4-7H2,1-3H3. The molecule has 2 heterocycles. The number of rotatable bonds is 3. The van der Waals surface area contributed by atoms with E-state index in [1.165, 1.54) is 0 Å². The van der Waals surface area contributed by atoms with Gasteiger partial charge in [0.1, 0.15) is 0 Å². The zero-order valence-electron chi connectivity index (χ0n) is 10.2. The Kier molecular flexibility index (Phi) is 3.56. The van der Waals surface area contributed by atoms with Crippen molar-refractivity contribution in [2.75, 3.05) is 13.1 Å². The second-order valence-electron chi connectivity index (χ2n) is 4.52. The monoisotopic (exact) mass is 224 g/mol. The third-order valence-electron chi connectivity index (χ3n) is 3.19. The molecule has 0 amide bonds. The molecule has 0 aliphatic carbocycles. The first-order valence-corrected chi connectivity index (χ1v) is 5.95. The molecule has 1 aliphatic heterocycles. The van der Waals surface area contributed by atoms with E-state index in [1.807, 2.05) is 6.92 Å². The number of piperazine rings is 1. The third-order valence-corrected chi connectivity index (χ3v) is 3.19. The molecule has 2 unspecified atom stereocenters. The Labute approximate surface area is 96.2 Å². The summed E-state index contributed by atoms with van der Waals surface area (Å²) in [6, 6.07) is 1.12. The molecule has 1 N–H and O–H groups in total. The van der Waals surface area contributed by atoms with Gasteiger partial charge in [-0.3, -0.25) is 4.90 Å². The summed E-state index contributed by atoms with van der Waals surface area (Å²) in [5, 5.41) is 7.48. The topological polar surface area (TPSA) is 54.2 Å². The van der Waals surface area contributed by atoms with Crippen LogP contribution >= 0.6 is 0 Å². The van der Waals surface area contributed by atoms with Crippen LogP contribution < -0.4 is 5.32 Å². The third kappa shape index (κ3) is 2.59. The maximum absolute atomic E-state index is 4.99. The molecule has 0 saturated carbocycles. The van der Waals surface area contributed by atoms with Crippen molar-refractivity contribution in [3.05, 3.63) is 11.7 Å². The molecule has 2 rings (SSSR count). The van der Waals surface area contributed by atoms with Crippen LogP contribution in [-0.2, 0) is 6.54 Å². The predicted octanol–water partition coefficient (Wildman–Crippen LogP) is 0.950. The fourth-order valence-electron chi connectivity index (χ4n) is 2.07. The van der Waals surface area contributed by atoms with Crippen LogP contribution in [0.4, 0.5) is 0 Å². The van der Waals surface area contributed by atoms with Gasteiger partial charge in [-0.1, -0.05) is 12.1 Å². The molecule has 1 aromatic rings. The summed E-state index contributed by atoms with van der Waals surface area (Å²) in [7, 11) is 0. The average Bonchev–Trinajstić information content (AvgIpc) is 2.67.